The Morgan fingerprint density at radius 1 is 1.00 bits per heavy atom. The number of methoxy groups -OCH3 is 2. The summed E-state index contributed by atoms with van der Waals surface area (Å²) < 4.78 is 16.0. The molecule has 0 saturated carbocycles. The topological polar surface area (TPSA) is 63.9 Å². The number of furan rings is 1. The second kappa shape index (κ2) is 7.52. The number of carbonyl (C=O) groups is 1. The predicted molar refractivity (Wildman–Crippen MR) is 105 cm³/mol. The normalized spacial score (nSPS) is 15.7. The lowest BCUT2D eigenvalue weighted by atomic mass is 10.1. The van der Waals surface area contributed by atoms with Gasteiger partial charge in [0.25, 0.3) is 5.91 Å². The standard InChI is InChI=1S/C22H20N2O4/c1-26-17-10-8-15(9-11-17)19-14-20(21-7-4-12-28-21)24(23-19)22(25)16-5-3-6-18(13-16)27-2/h3-14,20,23H,1-2H3/t20-/m0/s1. The van der Waals surface area contributed by atoms with E-state index in [1.54, 1.807) is 49.8 Å². The van der Waals surface area contributed by atoms with Gasteiger partial charge in [0.1, 0.15) is 23.3 Å². The van der Waals surface area contributed by atoms with Crippen LogP contribution in [0.4, 0.5) is 0 Å². The number of carbonyl (C=O) groups excluding carboxylic acids is 1. The molecule has 142 valence electrons. The number of rotatable bonds is 5. The minimum absolute atomic E-state index is 0.180. The first-order chi connectivity index (χ1) is 13.7. The van der Waals surface area contributed by atoms with Crippen molar-refractivity contribution in [3.63, 3.8) is 0 Å². The van der Waals surface area contributed by atoms with Gasteiger partial charge >= 0.3 is 0 Å². The molecule has 1 atom stereocenters. The van der Waals surface area contributed by atoms with Crippen LogP contribution in [0.5, 0.6) is 11.5 Å². The summed E-state index contributed by atoms with van der Waals surface area (Å²) in [6, 6.07) is 18.0. The van der Waals surface area contributed by atoms with Gasteiger partial charge in [-0.2, -0.15) is 0 Å². The molecule has 0 radical (unpaired) electrons. The molecular formula is C22H20N2O4. The highest BCUT2D eigenvalue weighted by atomic mass is 16.5. The van der Waals surface area contributed by atoms with Crippen LogP contribution in [0.15, 0.2) is 77.4 Å². The first kappa shape index (κ1) is 17.7. The molecular weight excluding hydrogens is 356 g/mol. The van der Waals surface area contributed by atoms with Crippen molar-refractivity contribution in [1.29, 1.82) is 0 Å². The van der Waals surface area contributed by atoms with Crippen LogP contribution in [-0.2, 0) is 0 Å². The lowest BCUT2D eigenvalue weighted by molar-refractivity contribution is 0.0654. The average Bonchev–Trinajstić information content (AvgIpc) is 3.43. The third-order valence-corrected chi connectivity index (χ3v) is 4.61. The Morgan fingerprint density at radius 2 is 1.79 bits per heavy atom. The molecule has 1 N–H and O–H groups in total. The van der Waals surface area contributed by atoms with Gasteiger partial charge in [-0.15, -0.1) is 0 Å². The molecule has 3 aromatic rings. The van der Waals surface area contributed by atoms with Crippen molar-refractivity contribution in [3.8, 4) is 11.5 Å². The molecule has 0 bridgehead atoms. The Hall–Kier alpha value is -3.67. The van der Waals surface area contributed by atoms with Crippen molar-refractivity contribution in [3.05, 3.63) is 89.9 Å². The zero-order valence-electron chi connectivity index (χ0n) is 15.6. The van der Waals surface area contributed by atoms with Crippen molar-refractivity contribution in [2.45, 2.75) is 6.04 Å². The van der Waals surface area contributed by atoms with Crippen molar-refractivity contribution >= 4 is 11.6 Å². The van der Waals surface area contributed by atoms with E-state index in [1.165, 1.54) is 0 Å². The molecule has 0 unspecified atom stereocenters. The monoisotopic (exact) mass is 376 g/mol. The molecule has 6 heteroatoms. The van der Waals surface area contributed by atoms with E-state index in [4.69, 9.17) is 13.9 Å². The molecule has 1 aliphatic heterocycles. The molecule has 2 aromatic carbocycles. The molecule has 1 aliphatic rings. The number of hydrazine groups is 1. The summed E-state index contributed by atoms with van der Waals surface area (Å²) in [6.07, 6.45) is 3.57. The quantitative estimate of drug-likeness (QED) is 0.728. The highest BCUT2D eigenvalue weighted by molar-refractivity contribution is 5.96. The van der Waals surface area contributed by atoms with Gasteiger partial charge < -0.3 is 13.9 Å². The van der Waals surface area contributed by atoms with Crippen LogP contribution in [0, 0.1) is 0 Å². The van der Waals surface area contributed by atoms with Gasteiger partial charge in [0.05, 0.1) is 26.2 Å². The smallest absolute Gasteiger partial charge is 0.273 e. The fourth-order valence-corrected chi connectivity index (χ4v) is 3.14. The van der Waals surface area contributed by atoms with Gasteiger partial charge in [0.2, 0.25) is 0 Å². The molecule has 0 saturated heterocycles. The molecule has 6 nitrogen and oxygen atoms in total. The number of amides is 1. The summed E-state index contributed by atoms with van der Waals surface area (Å²) in [6.45, 7) is 0. The van der Waals surface area contributed by atoms with Crippen LogP contribution in [-0.4, -0.2) is 25.1 Å². The van der Waals surface area contributed by atoms with Crippen LogP contribution in [0.3, 0.4) is 0 Å². The number of ether oxygens (including phenoxy) is 2. The minimum atomic E-state index is -0.370. The zero-order chi connectivity index (χ0) is 19.5. The fourth-order valence-electron chi connectivity index (χ4n) is 3.14. The number of hydrogen-bond acceptors (Lipinski definition) is 5. The lowest BCUT2D eigenvalue weighted by Gasteiger charge is -2.24. The summed E-state index contributed by atoms with van der Waals surface area (Å²) in [5.74, 6) is 1.89. The molecule has 0 fully saturated rings. The molecule has 0 spiro atoms. The van der Waals surface area contributed by atoms with Crippen LogP contribution < -0.4 is 14.9 Å². The second-order valence-corrected chi connectivity index (χ2v) is 6.29. The van der Waals surface area contributed by atoms with Crippen molar-refractivity contribution < 1.29 is 18.7 Å². The minimum Gasteiger partial charge on any atom is -0.497 e. The fraction of sp³-hybridized carbons (Fsp3) is 0.136. The maximum atomic E-state index is 13.2. The van der Waals surface area contributed by atoms with E-state index < -0.39 is 0 Å². The molecule has 1 amide bonds. The molecule has 2 heterocycles. The van der Waals surface area contributed by atoms with E-state index in [0.717, 1.165) is 17.0 Å². The van der Waals surface area contributed by atoms with E-state index in [2.05, 4.69) is 5.43 Å². The summed E-state index contributed by atoms with van der Waals surface area (Å²) in [5, 5.41) is 1.56. The first-order valence-corrected chi connectivity index (χ1v) is 8.83. The third-order valence-electron chi connectivity index (χ3n) is 4.61. The second-order valence-electron chi connectivity index (χ2n) is 6.29. The van der Waals surface area contributed by atoms with Crippen molar-refractivity contribution in [2.75, 3.05) is 14.2 Å². The maximum Gasteiger partial charge on any atom is 0.273 e. The lowest BCUT2D eigenvalue weighted by Crippen LogP contribution is -2.39. The maximum absolute atomic E-state index is 13.2. The van der Waals surface area contributed by atoms with Gasteiger partial charge in [0.15, 0.2) is 0 Å². The van der Waals surface area contributed by atoms with Gasteiger partial charge in [-0.1, -0.05) is 6.07 Å². The molecule has 0 aliphatic carbocycles. The Bertz CT molecular complexity index is 994. The van der Waals surface area contributed by atoms with Gasteiger partial charge in [-0.25, -0.2) is 5.01 Å². The largest absolute Gasteiger partial charge is 0.497 e. The summed E-state index contributed by atoms with van der Waals surface area (Å²) >= 11 is 0. The Labute approximate surface area is 163 Å². The summed E-state index contributed by atoms with van der Waals surface area (Å²) in [7, 11) is 3.20. The molecule has 4 rings (SSSR count). The van der Waals surface area contributed by atoms with E-state index in [-0.39, 0.29) is 11.9 Å². The van der Waals surface area contributed by atoms with Crippen LogP contribution in [0.1, 0.15) is 27.7 Å². The number of nitrogens with one attached hydrogen (secondary N) is 1. The Kier molecular flexibility index (Phi) is 4.76. The molecule has 28 heavy (non-hydrogen) atoms. The summed E-state index contributed by atoms with van der Waals surface area (Å²) in [4.78, 5) is 13.2. The first-order valence-electron chi connectivity index (χ1n) is 8.83. The van der Waals surface area contributed by atoms with Gasteiger partial charge in [0, 0.05) is 5.56 Å². The van der Waals surface area contributed by atoms with E-state index in [9.17, 15) is 4.79 Å². The Balaban J connectivity index is 1.67. The Morgan fingerprint density at radius 3 is 2.46 bits per heavy atom. The molecule has 1 aromatic heterocycles. The van der Waals surface area contributed by atoms with Gasteiger partial charge in [-0.05, 0) is 66.2 Å². The SMILES string of the molecule is COc1ccc(C2=C[C@@H](c3ccco3)N(C(=O)c3cccc(OC)c3)N2)cc1. The van der Waals surface area contributed by atoms with Crippen LogP contribution in [0.25, 0.3) is 5.70 Å². The average molecular weight is 376 g/mol. The van der Waals surface area contributed by atoms with E-state index in [1.807, 2.05) is 42.5 Å². The van der Waals surface area contributed by atoms with Crippen LogP contribution in [0.2, 0.25) is 0 Å². The van der Waals surface area contributed by atoms with Crippen molar-refractivity contribution in [1.82, 2.24) is 10.4 Å². The summed E-state index contributed by atoms with van der Waals surface area (Å²) in [5.41, 5.74) is 5.51. The zero-order valence-corrected chi connectivity index (χ0v) is 15.6. The number of hydrogen-bond donors (Lipinski definition) is 1. The number of nitrogens with zero attached hydrogens (tertiary/aromatic N) is 1. The van der Waals surface area contributed by atoms with E-state index >= 15 is 0 Å². The van der Waals surface area contributed by atoms with Crippen molar-refractivity contribution in [2.24, 2.45) is 0 Å². The third kappa shape index (κ3) is 3.32. The number of benzene rings is 2. The van der Waals surface area contributed by atoms with E-state index in [0.29, 0.717) is 17.1 Å². The highest BCUT2D eigenvalue weighted by Crippen LogP contribution is 2.33. The highest BCUT2D eigenvalue weighted by Gasteiger charge is 2.33. The van der Waals surface area contributed by atoms with Crippen LogP contribution >= 0.6 is 0 Å². The van der Waals surface area contributed by atoms with Gasteiger partial charge in [-0.3, -0.25) is 10.2 Å². The predicted octanol–water partition coefficient (Wildman–Crippen LogP) is 4.04.